The van der Waals surface area contributed by atoms with Gasteiger partial charge in [-0.2, -0.15) is 8.78 Å². The minimum absolute atomic E-state index is 0.00756. The molecule has 0 fully saturated rings. The number of halogens is 2. The van der Waals surface area contributed by atoms with Crippen molar-refractivity contribution in [2.45, 2.75) is 19.6 Å². The first kappa shape index (κ1) is 15.3. The average molecular weight is 294 g/mol. The third kappa shape index (κ3) is 3.70. The molecule has 112 valence electrons. The van der Waals surface area contributed by atoms with Gasteiger partial charge in [-0.25, -0.2) is 0 Å². The zero-order chi connectivity index (χ0) is 15.4. The molecule has 2 aromatic rings. The van der Waals surface area contributed by atoms with Crippen LogP contribution in [-0.2, 0) is 0 Å². The van der Waals surface area contributed by atoms with Crippen molar-refractivity contribution >= 4 is 0 Å². The van der Waals surface area contributed by atoms with Gasteiger partial charge < -0.3 is 14.6 Å². The topological polar surface area (TPSA) is 38.7 Å². The maximum atomic E-state index is 12.2. The highest BCUT2D eigenvalue weighted by Crippen LogP contribution is 2.32. The lowest BCUT2D eigenvalue weighted by molar-refractivity contribution is -0.0499. The van der Waals surface area contributed by atoms with Crippen LogP contribution in [0.4, 0.5) is 8.78 Å². The molecule has 0 saturated heterocycles. The average Bonchev–Trinajstić information content (AvgIpc) is 2.46. The van der Waals surface area contributed by atoms with Crippen LogP contribution in [0.3, 0.4) is 0 Å². The van der Waals surface area contributed by atoms with E-state index in [0.29, 0.717) is 16.9 Å². The molecule has 0 heterocycles. The quantitative estimate of drug-likeness (QED) is 0.914. The maximum absolute atomic E-state index is 12.2. The van der Waals surface area contributed by atoms with Crippen LogP contribution in [0.5, 0.6) is 11.5 Å². The summed E-state index contributed by atoms with van der Waals surface area (Å²) in [4.78, 5) is 0. The normalized spacial score (nSPS) is 12.3. The van der Waals surface area contributed by atoms with Crippen molar-refractivity contribution < 1.29 is 23.4 Å². The first-order valence-electron chi connectivity index (χ1n) is 6.38. The van der Waals surface area contributed by atoms with Crippen LogP contribution < -0.4 is 9.47 Å². The summed E-state index contributed by atoms with van der Waals surface area (Å²) in [5.74, 6) is 0.543. The molecule has 0 amide bonds. The van der Waals surface area contributed by atoms with E-state index in [1.54, 1.807) is 24.3 Å². The first-order chi connectivity index (χ1) is 10.0. The highest BCUT2D eigenvalue weighted by atomic mass is 19.3. The minimum atomic E-state index is -2.90. The molecule has 3 nitrogen and oxygen atoms in total. The second-order valence-electron chi connectivity index (χ2n) is 4.60. The Balaban J connectivity index is 2.35. The van der Waals surface area contributed by atoms with E-state index < -0.39 is 12.7 Å². The van der Waals surface area contributed by atoms with Crippen LogP contribution in [0.2, 0.25) is 0 Å². The summed E-state index contributed by atoms with van der Waals surface area (Å²) in [6, 6.07) is 11.4. The van der Waals surface area contributed by atoms with E-state index in [2.05, 4.69) is 4.74 Å². The molecule has 2 aromatic carbocycles. The third-order valence-corrected chi connectivity index (χ3v) is 3.08. The van der Waals surface area contributed by atoms with Gasteiger partial charge in [-0.3, -0.25) is 0 Å². The van der Waals surface area contributed by atoms with Gasteiger partial charge in [0.05, 0.1) is 7.11 Å². The van der Waals surface area contributed by atoms with Gasteiger partial charge in [-0.1, -0.05) is 23.8 Å². The molecule has 1 atom stereocenters. The Morgan fingerprint density at radius 3 is 2.52 bits per heavy atom. The molecule has 0 aliphatic heterocycles. The number of methoxy groups -OCH3 is 1. The highest BCUT2D eigenvalue weighted by molar-refractivity contribution is 5.44. The van der Waals surface area contributed by atoms with E-state index in [1.807, 2.05) is 13.0 Å². The van der Waals surface area contributed by atoms with Crippen molar-refractivity contribution in [3.05, 3.63) is 59.2 Å². The first-order valence-corrected chi connectivity index (χ1v) is 6.38. The fourth-order valence-electron chi connectivity index (χ4n) is 2.11. The molecule has 0 aliphatic carbocycles. The van der Waals surface area contributed by atoms with Crippen molar-refractivity contribution in [2.75, 3.05) is 7.11 Å². The van der Waals surface area contributed by atoms with Crippen molar-refractivity contribution in [2.24, 2.45) is 0 Å². The predicted octanol–water partition coefficient (Wildman–Crippen LogP) is 3.69. The van der Waals surface area contributed by atoms with Gasteiger partial charge in [-0.05, 0) is 36.8 Å². The van der Waals surface area contributed by atoms with Crippen LogP contribution in [-0.4, -0.2) is 18.8 Å². The van der Waals surface area contributed by atoms with Gasteiger partial charge in [0.25, 0.3) is 0 Å². The Labute approximate surface area is 121 Å². The Morgan fingerprint density at radius 1 is 1.10 bits per heavy atom. The lowest BCUT2D eigenvalue weighted by Gasteiger charge is -2.16. The standard InChI is InChI=1S/C16H16F2O3/c1-10-6-7-14(20-2)13(8-10)15(19)11-4-3-5-12(9-11)21-16(17)18/h3-9,15-16,19H,1-2H3. The van der Waals surface area contributed by atoms with Gasteiger partial charge in [-0.15, -0.1) is 0 Å². The lowest BCUT2D eigenvalue weighted by atomic mass is 9.99. The molecule has 1 unspecified atom stereocenters. The fraction of sp³-hybridized carbons (Fsp3) is 0.250. The predicted molar refractivity (Wildman–Crippen MR) is 74.9 cm³/mol. The number of ether oxygens (including phenoxy) is 2. The monoisotopic (exact) mass is 294 g/mol. The molecular weight excluding hydrogens is 278 g/mol. The van der Waals surface area contributed by atoms with Crippen LogP contribution >= 0.6 is 0 Å². The second-order valence-corrected chi connectivity index (χ2v) is 4.60. The van der Waals surface area contributed by atoms with Crippen LogP contribution in [0.15, 0.2) is 42.5 Å². The maximum Gasteiger partial charge on any atom is 0.387 e. The van der Waals surface area contributed by atoms with Crippen LogP contribution in [0, 0.1) is 6.92 Å². The molecule has 0 radical (unpaired) electrons. The summed E-state index contributed by atoms with van der Waals surface area (Å²) < 4.78 is 34.1. The number of aliphatic hydroxyl groups excluding tert-OH is 1. The second kappa shape index (κ2) is 6.54. The molecule has 5 heteroatoms. The number of aryl methyl sites for hydroxylation is 1. The molecule has 0 aliphatic rings. The van der Waals surface area contributed by atoms with Crippen LogP contribution in [0.25, 0.3) is 0 Å². The number of benzene rings is 2. The zero-order valence-corrected chi connectivity index (χ0v) is 11.7. The van der Waals surface area contributed by atoms with Crippen LogP contribution in [0.1, 0.15) is 22.8 Å². The number of hydrogen-bond donors (Lipinski definition) is 1. The van der Waals surface area contributed by atoms with Crippen molar-refractivity contribution in [1.29, 1.82) is 0 Å². The number of rotatable bonds is 5. The Bertz CT molecular complexity index is 614. The molecule has 0 bridgehead atoms. The highest BCUT2D eigenvalue weighted by Gasteiger charge is 2.17. The molecule has 0 spiro atoms. The minimum Gasteiger partial charge on any atom is -0.496 e. The zero-order valence-electron chi connectivity index (χ0n) is 11.7. The summed E-state index contributed by atoms with van der Waals surface area (Å²) in [5.41, 5.74) is 1.99. The summed E-state index contributed by atoms with van der Waals surface area (Å²) >= 11 is 0. The van der Waals surface area contributed by atoms with Crippen molar-refractivity contribution in [3.63, 3.8) is 0 Å². The molecule has 2 rings (SSSR count). The van der Waals surface area contributed by atoms with Gasteiger partial charge in [0.1, 0.15) is 17.6 Å². The van der Waals surface area contributed by atoms with E-state index in [9.17, 15) is 13.9 Å². The summed E-state index contributed by atoms with van der Waals surface area (Å²) in [5, 5.41) is 10.5. The molecule has 1 N–H and O–H groups in total. The summed E-state index contributed by atoms with van der Waals surface area (Å²) in [7, 11) is 1.51. The molecule has 21 heavy (non-hydrogen) atoms. The van der Waals surface area contributed by atoms with Gasteiger partial charge in [0, 0.05) is 5.56 Å². The molecule has 0 saturated carbocycles. The van der Waals surface area contributed by atoms with Crippen molar-refractivity contribution in [1.82, 2.24) is 0 Å². The smallest absolute Gasteiger partial charge is 0.387 e. The molecule has 0 aromatic heterocycles. The Kier molecular flexibility index (Phi) is 4.75. The summed E-state index contributed by atoms with van der Waals surface area (Å²) in [6.45, 7) is -1.00. The Morgan fingerprint density at radius 2 is 1.86 bits per heavy atom. The van der Waals surface area contributed by atoms with E-state index >= 15 is 0 Å². The van der Waals surface area contributed by atoms with E-state index in [4.69, 9.17) is 4.74 Å². The summed E-state index contributed by atoms with van der Waals surface area (Å²) in [6.07, 6.45) is -0.985. The van der Waals surface area contributed by atoms with Gasteiger partial charge in [0.2, 0.25) is 0 Å². The lowest BCUT2D eigenvalue weighted by Crippen LogP contribution is -2.05. The third-order valence-electron chi connectivity index (χ3n) is 3.08. The van der Waals surface area contributed by atoms with Crippen molar-refractivity contribution in [3.8, 4) is 11.5 Å². The number of aliphatic hydroxyl groups is 1. The van der Waals surface area contributed by atoms with E-state index in [-0.39, 0.29) is 5.75 Å². The number of alkyl halides is 2. The van der Waals surface area contributed by atoms with Gasteiger partial charge in [0.15, 0.2) is 0 Å². The van der Waals surface area contributed by atoms with E-state index in [0.717, 1.165) is 5.56 Å². The van der Waals surface area contributed by atoms with E-state index in [1.165, 1.54) is 19.2 Å². The largest absolute Gasteiger partial charge is 0.496 e. The molecular formula is C16H16F2O3. The number of hydrogen-bond acceptors (Lipinski definition) is 3. The fourth-order valence-corrected chi connectivity index (χ4v) is 2.11. The van der Waals surface area contributed by atoms with Gasteiger partial charge >= 0.3 is 6.61 Å². The Hall–Kier alpha value is -2.14. The SMILES string of the molecule is COc1ccc(C)cc1C(O)c1cccc(OC(F)F)c1.